The van der Waals surface area contributed by atoms with Crippen LogP contribution in [-0.2, 0) is 4.74 Å². The largest absolute Gasteiger partial charge is 0.490 e. The van der Waals surface area contributed by atoms with E-state index in [2.05, 4.69) is 42.3 Å². The molecule has 1 fully saturated rings. The number of ether oxygens (including phenoxy) is 3. The second kappa shape index (κ2) is 12.3. The first-order chi connectivity index (χ1) is 17.2. The predicted molar refractivity (Wildman–Crippen MR) is 137 cm³/mol. The molecule has 4 rings (SSSR count). The third-order valence-corrected chi connectivity index (χ3v) is 4.95. The van der Waals surface area contributed by atoms with Crippen LogP contribution in [0.3, 0.4) is 0 Å². The molecule has 10 nitrogen and oxygen atoms in total. The van der Waals surface area contributed by atoms with Gasteiger partial charge in [0.15, 0.2) is 11.5 Å². The summed E-state index contributed by atoms with van der Waals surface area (Å²) in [4.78, 5) is 15.7. The van der Waals surface area contributed by atoms with Crippen molar-refractivity contribution in [2.45, 2.75) is 6.92 Å². The Hall–Kier alpha value is -4.18. The van der Waals surface area contributed by atoms with E-state index in [1.165, 1.54) is 0 Å². The fourth-order valence-corrected chi connectivity index (χ4v) is 3.33. The van der Waals surface area contributed by atoms with Crippen molar-refractivity contribution in [2.24, 2.45) is 5.10 Å². The van der Waals surface area contributed by atoms with Gasteiger partial charge in [0.2, 0.25) is 17.8 Å². The molecule has 1 aromatic heterocycles. The molecule has 1 saturated heterocycles. The first kappa shape index (κ1) is 24.0. The number of aromatic nitrogens is 3. The van der Waals surface area contributed by atoms with Crippen LogP contribution >= 0.6 is 0 Å². The highest BCUT2D eigenvalue weighted by Gasteiger charge is 2.16. The maximum atomic E-state index is 5.70. The van der Waals surface area contributed by atoms with Gasteiger partial charge < -0.3 is 24.4 Å². The van der Waals surface area contributed by atoms with Crippen molar-refractivity contribution < 1.29 is 14.2 Å². The van der Waals surface area contributed by atoms with Gasteiger partial charge in [0.1, 0.15) is 6.61 Å². The number of hydrogen-bond acceptors (Lipinski definition) is 10. The number of hydrogen-bond donors (Lipinski definition) is 2. The van der Waals surface area contributed by atoms with Crippen molar-refractivity contribution in [2.75, 3.05) is 55.2 Å². The number of anilines is 4. The molecule has 1 aliphatic heterocycles. The molecular formula is C25H29N7O3. The molecular weight excluding hydrogens is 446 g/mol. The highest BCUT2D eigenvalue weighted by Crippen LogP contribution is 2.28. The molecule has 1 aliphatic rings. The summed E-state index contributed by atoms with van der Waals surface area (Å²) in [5, 5.41) is 7.55. The summed E-state index contributed by atoms with van der Waals surface area (Å²) < 4.78 is 16.8. The topological polar surface area (TPSA) is 106 Å². The lowest BCUT2D eigenvalue weighted by atomic mass is 10.2. The van der Waals surface area contributed by atoms with Gasteiger partial charge in [0.05, 0.1) is 26.0 Å². The van der Waals surface area contributed by atoms with Crippen molar-refractivity contribution in [3.63, 3.8) is 0 Å². The third kappa shape index (κ3) is 6.90. The van der Waals surface area contributed by atoms with Gasteiger partial charge in [-0.15, -0.1) is 0 Å². The van der Waals surface area contributed by atoms with Gasteiger partial charge in [-0.25, -0.2) is 5.43 Å². The molecule has 0 unspecified atom stereocenters. The van der Waals surface area contributed by atoms with Crippen LogP contribution in [0.5, 0.6) is 11.5 Å². The Morgan fingerprint density at radius 1 is 1.03 bits per heavy atom. The number of morpholine rings is 1. The Bertz CT molecular complexity index is 1140. The molecule has 2 heterocycles. The van der Waals surface area contributed by atoms with Crippen LogP contribution in [0.1, 0.15) is 12.5 Å². The van der Waals surface area contributed by atoms with Gasteiger partial charge in [0.25, 0.3) is 0 Å². The Labute approximate surface area is 204 Å². The lowest BCUT2D eigenvalue weighted by Crippen LogP contribution is -2.37. The molecule has 0 radical (unpaired) electrons. The maximum Gasteiger partial charge on any atom is 0.250 e. The van der Waals surface area contributed by atoms with Crippen LogP contribution < -0.4 is 25.1 Å². The van der Waals surface area contributed by atoms with Gasteiger partial charge >= 0.3 is 0 Å². The second-order valence-corrected chi connectivity index (χ2v) is 7.48. The molecule has 10 heteroatoms. The summed E-state index contributed by atoms with van der Waals surface area (Å²) in [5.74, 6) is 2.60. The van der Waals surface area contributed by atoms with Crippen molar-refractivity contribution in [3.8, 4) is 11.5 Å². The summed E-state index contributed by atoms with van der Waals surface area (Å²) in [5.41, 5.74) is 4.63. The number of para-hydroxylation sites is 1. The second-order valence-electron chi connectivity index (χ2n) is 7.48. The molecule has 35 heavy (non-hydrogen) atoms. The summed E-state index contributed by atoms with van der Waals surface area (Å²) in [7, 11) is 0. The zero-order valence-corrected chi connectivity index (χ0v) is 19.7. The van der Waals surface area contributed by atoms with E-state index in [-0.39, 0.29) is 0 Å². The third-order valence-electron chi connectivity index (χ3n) is 4.95. The van der Waals surface area contributed by atoms with Crippen molar-refractivity contribution >= 4 is 29.7 Å². The minimum atomic E-state index is 0.326. The molecule has 0 bridgehead atoms. The number of benzene rings is 2. The Morgan fingerprint density at radius 2 is 1.83 bits per heavy atom. The number of nitrogens with one attached hydrogen (secondary N) is 2. The monoisotopic (exact) mass is 475 g/mol. The average molecular weight is 476 g/mol. The predicted octanol–water partition coefficient (Wildman–Crippen LogP) is 3.86. The highest BCUT2D eigenvalue weighted by molar-refractivity contribution is 5.81. The normalized spacial score (nSPS) is 13.5. The first-order valence-corrected chi connectivity index (χ1v) is 11.5. The van der Waals surface area contributed by atoms with Crippen molar-refractivity contribution in [1.29, 1.82) is 0 Å². The van der Waals surface area contributed by atoms with Crippen molar-refractivity contribution in [3.05, 3.63) is 66.7 Å². The van der Waals surface area contributed by atoms with Crippen LogP contribution in [0, 0.1) is 0 Å². The molecule has 182 valence electrons. The van der Waals surface area contributed by atoms with Gasteiger partial charge in [-0.2, -0.15) is 20.1 Å². The van der Waals surface area contributed by atoms with E-state index < -0.39 is 0 Å². The summed E-state index contributed by atoms with van der Waals surface area (Å²) >= 11 is 0. The van der Waals surface area contributed by atoms with E-state index in [9.17, 15) is 0 Å². The summed E-state index contributed by atoms with van der Waals surface area (Å²) in [6, 6.07) is 15.3. The number of rotatable bonds is 11. The minimum Gasteiger partial charge on any atom is -0.490 e. The van der Waals surface area contributed by atoms with Gasteiger partial charge in [-0.3, -0.25) is 0 Å². The smallest absolute Gasteiger partial charge is 0.250 e. The molecule has 3 aromatic rings. The fourth-order valence-electron chi connectivity index (χ4n) is 3.33. The molecule has 0 amide bonds. The van der Waals surface area contributed by atoms with Gasteiger partial charge in [-0.1, -0.05) is 30.9 Å². The molecule has 0 atom stereocenters. The van der Waals surface area contributed by atoms with E-state index in [4.69, 9.17) is 14.2 Å². The van der Waals surface area contributed by atoms with Crippen LogP contribution in [0.25, 0.3) is 0 Å². The minimum absolute atomic E-state index is 0.326. The summed E-state index contributed by atoms with van der Waals surface area (Å²) in [6.07, 6.45) is 3.36. The molecule has 2 N–H and O–H groups in total. The van der Waals surface area contributed by atoms with Crippen LogP contribution in [-0.4, -0.2) is 60.7 Å². The molecule has 2 aromatic carbocycles. The van der Waals surface area contributed by atoms with E-state index in [1.54, 1.807) is 12.3 Å². The van der Waals surface area contributed by atoms with Gasteiger partial charge in [-0.05, 0) is 42.8 Å². The Kier molecular flexibility index (Phi) is 8.44. The highest BCUT2D eigenvalue weighted by atomic mass is 16.5. The fraction of sp³-hybridized carbons (Fsp3) is 0.280. The van der Waals surface area contributed by atoms with Crippen LogP contribution in [0.2, 0.25) is 0 Å². The SMILES string of the molecule is C=CCOc1ccc(/C=N/Nc2nc(Nc3ccccc3)nc(N3CCOCC3)n2)cc1OCC. The van der Waals surface area contributed by atoms with E-state index >= 15 is 0 Å². The lowest BCUT2D eigenvalue weighted by Gasteiger charge is -2.27. The summed E-state index contributed by atoms with van der Waals surface area (Å²) in [6.45, 7) is 9.20. The van der Waals surface area contributed by atoms with E-state index in [0.29, 0.717) is 68.9 Å². The number of nitrogens with zero attached hydrogens (tertiary/aromatic N) is 5. The van der Waals surface area contributed by atoms with E-state index in [1.807, 2.05) is 55.5 Å². The molecule has 0 aliphatic carbocycles. The zero-order valence-electron chi connectivity index (χ0n) is 19.7. The molecule has 0 saturated carbocycles. The van der Waals surface area contributed by atoms with E-state index in [0.717, 1.165) is 11.3 Å². The molecule has 0 spiro atoms. The zero-order chi connectivity index (χ0) is 24.3. The van der Waals surface area contributed by atoms with Crippen LogP contribution in [0.15, 0.2) is 66.3 Å². The first-order valence-electron chi connectivity index (χ1n) is 11.5. The van der Waals surface area contributed by atoms with Crippen LogP contribution in [0.4, 0.5) is 23.5 Å². The average Bonchev–Trinajstić information content (AvgIpc) is 2.89. The van der Waals surface area contributed by atoms with Crippen molar-refractivity contribution in [1.82, 2.24) is 15.0 Å². The maximum absolute atomic E-state index is 5.70. The Morgan fingerprint density at radius 3 is 2.60 bits per heavy atom. The lowest BCUT2D eigenvalue weighted by molar-refractivity contribution is 0.122. The quantitative estimate of drug-likeness (QED) is 0.243. The number of hydrazone groups is 1. The standard InChI is InChI=1S/C25H29N7O3/c1-3-14-35-21-11-10-19(17-22(21)34-4-2)18-26-31-24-28-23(27-20-8-6-5-7-9-20)29-25(30-24)32-12-15-33-16-13-32/h3,5-11,17-18H,1,4,12-16H2,2H3,(H2,27,28,29,30,31)/b26-18+. The van der Waals surface area contributed by atoms with Gasteiger partial charge in [0, 0.05) is 18.8 Å². The Balaban J connectivity index is 1.52.